The molecule has 0 bridgehead atoms. The second-order valence-corrected chi connectivity index (χ2v) is 11.2. The molecule has 2 fully saturated rings. The maximum Gasteiger partial charge on any atom is 0.252 e. The lowest BCUT2D eigenvalue weighted by Crippen LogP contribution is -2.36. The summed E-state index contributed by atoms with van der Waals surface area (Å²) in [7, 11) is -3.08. The summed E-state index contributed by atoms with van der Waals surface area (Å²) in [5.74, 6) is 0.110. The highest BCUT2D eigenvalue weighted by molar-refractivity contribution is 7.91. The molecule has 7 nitrogen and oxygen atoms in total. The molecule has 0 radical (unpaired) electrons. The average Bonchev–Trinajstić information content (AvgIpc) is 3.33. The zero-order chi connectivity index (χ0) is 22.3. The summed E-state index contributed by atoms with van der Waals surface area (Å²) in [5, 5.41) is 8.61. The Balaban J connectivity index is 1.63. The van der Waals surface area contributed by atoms with Crippen LogP contribution in [-0.4, -0.2) is 46.6 Å². The SMILES string of the molecule is Cc1nn([C@@H]2CCS(=O)(=O)C2)c2nc(-c3ccccc3)cc(C(=O)NC3CCCCC3)c12. The van der Waals surface area contributed by atoms with Crippen molar-refractivity contribution in [3.63, 3.8) is 0 Å². The van der Waals surface area contributed by atoms with Crippen molar-refractivity contribution in [3.05, 3.63) is 47.7 Å². The topological polar surface area (TPSA) is 93.9 Å². The van der Waals surface area contributed by atoms with Gasteiger partial charge in [0.2, 0.25) is 0 Å². The molecule has 32 heavy (non-hydrogen) atoms. The van der Waals surface area contributed by atoms with Crippen molar-refractivity contribution in [1.29, 1.82) is 0 Å². The molecular weight excluding hydrogens is 424 g/mol. The van der Waals surface area contributed by atoms with Crippen molar-refractivity contribution in [3.8, 4) is 11.3 Å². The molecule has 2 aromatic heterocycles. The largest absolute Gasteiger partial charge is 0.349 e. The monoisotopic (exact) mass is 452 g/mol. The summed E-state index contributed by atoms with van der Waals surface area (Å²) >= 11 is 0. The maximum absolute atomic E-state index is 13.4. The molecule has 8 heteroatoms. The van der Waals surface area contributed by atoms with Gasteiger partial charge in [-0.3, -0.25) is 4.79 Å². The predicted molar refractivity (Wildman–Crippen MR) is 124 cm³/mol. The fraction of sp³-hybridized carbons (Fsp3) is 0.458. The molecule has 1 saturated heterocycles. The Bertz CT molecular complexity index is 1260. The summed E-state index contributed by atoms with van der Waals surface area (Å²) in [5.41, 5.74) is 3.44. The molecule has 0 unspecified atom stereocenters. The van der Waals surface area contributed by atoms with E-state index in [1.807, 2.05) is 43.3 Å². The highest BCUT2D eigenvalue weighted by Crippen LogP contribution is 2.32. The van der Waals surface area contributed by atoms with Crippen LogP contribution in [0.1, 0.15) is 60.6 Å². The number of nitrogens with zero attached hydrogens (tertiary/aromatic N) is 3. The first kappa shape index (κ1) is 21.1. The van der Waals surface area contributed by atoms with E-state index in [9.17, 15) is 13.2 Å². The van der Waals surface area contributed by atoms with Gasteiger partial charge >= 0.3 is 0 Å². The number of fused-ring (bicyclic) bond motifs is 1. The van der Waals surface area contributed by atoms with Crippen LogP contribution in [0, 0.1) is 6.92 Å². The number of aromatic nitrogens is 3. The number of aryl methyl sites for hydroxylation is 1. The number of hydrogen-bond acceptors (Lipinski definition) is 5. The van der Waals surface area contributed by atoms with Crippen molar-refractivity contribution >= 4 is 26.8 Å². The Hall–Kier alpha value is -2.74. The van der Waals surface area contributed by atoms with Gasteiger partial charge in [-0.05, 0) is 32.3 Å². The second-order valence-electron chi connectivity index (χ2n) is 9.01. The Kier molecular flexibility index (Phi) is 5.49. The summed E-state index contributed by atoms with van der Waals surface area (Å²) in [4.78, 5) is 18.3. The number of hydrogen-bond donors (Lipinski definition) is 1. The van der Waals surface area contributed by atoms with Gasteiger partial charge in [-0.2, -0.15) is 5.10 Å². The molecule has 1 amide bonds. The third-order valence-electron chi connectivity index (χ3n) is 6.65. The molecule has 3 heterocycles. The molecule has 168 valence electrons. The smallest absolute Gasteiger partial charge is 0.252 e. The number of rotatable bonds is 4. The van der Waals surface area contributed by atoms with E-state index in [0.717, 1.165) is 31.2 Å². The quantitative estimate of drug-likeness (QED) is 0.649. The molecule has 3 aromatic rings. The zero-order valence-corrected chi connectivity index (χ0v) is 19.1. The lowest BCUT2D eigenvalue weighted by molar-refractivity contribution is 0.0929. The van der Waals surface area contributed by atoms with Crippen LogP contribution in [0.4, 0.5) is 0 Å². The third kappa shape index (κ3) is 4.03. The normalized spacial score (nSPS) is 21.1. The molecule has 0 spiro atoms. The van der Waals surface area contributed by atoms with Crippen LogP contribution >= 0.6 is 0 Å². The molecule has 1 N–H and O–H groups in total. The summed E-state index contributed by atoms with van der Waals surface area (Å²) in [6, 6.07) is 11.5. The summed E-state index contributed by atoms with van der Waals surface area (Å²) < 4.78 is 26.0. The summed E-state index contributed by atoms with van der Waals surface area (Å²) in [6.07, 6.45) is 6.02. The number of carbonyl (C=O) groups excluding carboxylic acids is 1. The Morgan fingerprint density at radius 2 is 1.84 bits per heavy atom. The van der Waals surface area contributed by atoms with E-state index in [1.165, 1.54) is 6.42 Å². The predicted octanol–water partition coefficient (Wildman–Crippen LogP) is 3.83. The number of amides is 1. The first-order chi connectivity index (χ1) is 15.4. The minimum atomic E-state index is -3.08. The van der Waals surface area contributed by atoms with Crippen molar-refractivity contribution in [2.75, 3.05) is 11.5 Å². The zero-order valence-electron chi connectivity index (χ0n) is 18.3. The molecule has 5 rings (SSSR count). The Morgan fingerprint density at radius 3 is 2.53 bits per heavy atom. The van der Waals surface area contributed by atoms with E-state index in [4.69, 9.17) is 4.98 Å². The first-order valence-electron chi connectivity index (χ1n) is 11.4. The molecule has 1 saturated carbocycles. The van der Waals surface area contributed by atoms with Gasteiger partial charge in [-0.15, -0.1) is 0 Å². The van der Waals surface area contributed by atoms with Crippen molar-refractivity contribution in [2.24, 2.45) is 0 Å². The van der Waals surface area contributed by atoms with Crippen LogP contribution in [0.3, 0.4) is 0 Å². The number of nitrogens with one attached hydrogen (secondary N) is 1. The van der Waals surface area contributed by atoms with E-state index in [1.54, 1.807) is 4.68 Å². The molecule has 1 aliphatic carbocycles. The third-order valence-corrected chi connectivity index (χ3v) is 8.40. The number of sulfone groups is 1. The molecule has 1 atom stereocenters. The molecule has 1 aliphatic heterocycles. The van der Waals surface area contributed by atoms with Crippen molar-refractivity contribution in [1.82, 2.24) is 20.1 Å². The van der Waals surface area contributed by atoms with Gasteiger partial charge in [-0.1, -0.05) is 49.6 Å². The Labute approximate surface area is 188 Å². The standard InChI is InChI=1S/C24H28N4O3S/c1-16-22-20(24(29)25-18-10-6-3-7-11-18)14-21(17-8-4-2-5-9-17)26-23(22)28(27-16)19-12-13-32(30,31)15-19/h2,4-5,8-9,14,18-19H,3,6-7,10-13,15H2,1H3,(H,25,29)/t19-/m1/s1. The van der Waals surface area contributed by atoms with Gasteiger partial charge in [0.05, 0.1) is 39.9 Å². The lowest BCUT2D eigenvalue weighted by atomic mass is 9.95. The van der Waals surface area contributed by atoms with Gasteiger partial charge < -0.3 is 5.32 Å². The average molecular weight is 453 g/mol. The minimum absolute atomic E-state index is 0.0596. The fourth-order valence-corrected chi connectivity index (χ4v) is 6.67. The summed E-state index contributed by atoms with van der Waals surface area (Å²) in [6.45, 7) is 1.86. The minimum Gasteiger partial charge on any atom is -0.349 e. The molecule has 1 aromatic carbocycles. The van der Waals surface area contributed by atoms with Gasteiger partial charge in [0.1, 0.15) is 0 Å². The van der Waals surface area contributed by atoms with E-state index < -0.39 is 9.84 Å². The van der Waals surface area contributed by atoms with E-state index >= 15 is 0 Å². The number of benzene rings is 1. The van der Waals surface area contributed by atoms with Crippen molar-refractivity contribution < 1.29 is 13.2 Å². The molecular formula is C24H28N4O3S. The van der Waals surface area contributed by atoms with Crippen LogP contribution in [0.5, 0.6) is 0 Å². The Morgan fingerprint density at radius 1 is 1.09 bits per heavy atom. The van der Waals surface area contributed by atoms with Crippen molar-refractivity contribution in [2.45, 2.75) is 57.5 Å². The number of pyridine rings is 1. The van der Waals surface area contributed by atoms with E-state index in [2.05, 4.69) is 10.4 Å². The lowest BCUT2D eigenvalue weighted by Gasteiger charge is -2.23. The van der Waals surface area contributed by atoms with Crippen LogP contribution in [0.15, 0.2) is 36.4 Å². The van der Waals surface area contributed by atoms with E-state index in [-0.39, 0.29) is 29.5 Å². The van der Waals surface area contributed by atoms with Crippen LogP contribution in [0.25, 0.3) is 22.3 Å². The van der Waals surface area contributed by atoms with Crippen LogP contribution in [-0.2, 0) is 9.84 Å². The maximum atomic E-state index is 13.4. The highest BCUT2D eigenvalue weighted by atomic mass is 32.2. The van der Waals surface area contributed by atoms with Crippen LogP contribution < -0.4 is 5.32 Å². The van der Waals surface area contributed by atoms with E-state index in [0.29, 0.717) is 34.4 Å². The second kappa shape index (κ2) is 8.31. The fourth-order valence-electron chi connectivity index (χ4n) is 4.98. The van der Waals surface area contributed by atoms with Gasteiger partial charge in [-0.25, -0.2) is 18.1 Å². The van der Waals surface area contributed by atoms with Crippen LogP contribution in [0.2, 0.25) is 0 Å². The highest BCUT2D eigenvalue weighted by Gasteiger charge is 2.32. The molecule has 2 aliphatic rings. The first-order valence-corrected chi connectivity index (χ1v) is 13.2. The van der Waals surface area contributed by atoms with Gasteiger partial charge in [0.25, 0.3) is 5.91 Å². The number of carbonyl (C=O) groups is 1. The van der Waals surface area contributed by atoms with Gasteiger partial charge in [0, 0.05) is 11.6 Å². The van der Waals surface area contributed by atoms with Gasteiger partial charge in [0.15, 0.2) is 15.5 Å².